The third-order valence-electron chi connectivity index (χ3n) is 3.30. The van der Waals surface area contributed by atoms with Crippen LogP contribution >= 0.6 is 0 Å². The van der Waals surface area contributed by atoms with E-state index in [0.29, 0.717) is 11.6 Å². The molecule has 1 N–H and O–H groups in total. The van der Waals surface area contributed by atoms with Gasteiger partial charge in [-0.3, -0.25) is 4.79 Å². The molecule has 0 saturated heterocycles. The van der Waals surface area contributed by atoms with Gasteiger partial charge in [-0.2, -0.15) is 4.98 Å². The van der Waals surface area contributed by atoms with Gasteiger partial charge in [0.2, 0.25) is 0 Å². The Balaban J connectivity index is 1.91. The lowest BCUT2D eigenvalue weighted by Crippen LogP contribution is -2.19. The van der Waals surface area contributed by atoms with Gasteiger partial charge < -0.3 is 19.3 Å². The van der Waals surface area contributed by atoms with Crippen LogP contribution in [0.1, 0.15) is 45.5 Å². The number of anilines is 1. The molecule has 0 aliphatic carbocycles. The van der Waals surface area contributed by atoms with Crippen LogP contribution in [-0.2, 0) is 14.9 Å². The van der Waals surface area contributed by atoms with Crippen molar-refractivity contribution in [2.24, 2.45) is 0 Å². The second-order valence-electron chi connectivity index (χ2n) is 6.39. The molecule has 1 heterocycles. The van der Waals surface area contributed by atoms with Crippen molar-refractivity contribution in [3.8, 4) is 5.75 Å². The maximum Gasteiger partial charge on any atom is 0.326 e. The normalized spacial score (nSPS) is 12.5. The van der Waals surface area contributed by atoms with Gasteiger partial charge in [-0.25, -0.2) is 0 Å². The summed E-state index contributed by atoms with van der Waals surface area (Å²) in [6.07, 6.45) is -0.611. The summed E-state index contributed by atoms with van der Waals surface area (Å²) in [6.45, 7) is 7.65. The molecule has 0 amide bonds. The number of nitrogens with one attached hydrogen (secondary N) is 1. The average molecular weight is 333 g/mol. The first-order valence-electron chi connectivity index (χ1n) is 7.71. The molecule has 1 atom stereocenters. The van der Waals surface area contributed by atoms with Gasteiger partial charge in [0.25, 0.3) is 5.89 Å². The predicted octanol–water partition coefficient (Wildman–Crippen LogP) is 3.09. The van der Waals surface area contributed by atoms with Crippen LogP contribution in [0, 0.1) is 0 Å². The van der Waals surface area contributed by atoms with Crippen molar-refractivity contribution >= 4 is 11.7 Å². The van der Waals surface area contributed by atoms with E-state index in [9.17, 15) is 4.79 Å². The minimum Gasteiger partial charge on any atom is -0.495 e. The lowest BCUT2D eigenvalue weighted by atomic mass is 9.96. The number of aromatic nitrogens is 2. The van der Waals surface area contributed by atoms with Gasteiger partial charge in [-0.1, -0.05) is 38.1 Å². The minimum absolute atomic E-state index is 0.00494. The Morgan fingerprint density at radius 3 is 2.67 bits per heavy atom. The molecule has 2 rings (SSSR count). The zero-order valence-corrected chi connectivity index (χ0v) is 14.6. The number of esters is 1. The molecule has 7 heteroatoms. The molecule has 0 spiro atoms. The summed E-state index contributed by atoms with van der Waals surface area (Å²) in [7, 11) is 1.57. The van der Waals surface area contributed by atoms with E-state index in [4.69, 9.17) is 14.0 Å². The van der Waals surface area contributed by atoms with Crippen molar-refractivity contribution in [3.05, 3.63) is 36.0 Å². The first-order valence-corrected chi connectivity index (χ1v) is 7.71. The Morgan fingerprint density at radius 1 is 1.33 bits per heavy atom. The van der Waals surface area contributed by atoms with Gasteiger partial charge in [0.05, 0.1) is 12.8 Å². The zero-order valence-electron chi connectivity index (χ0n) is 14.6. The summed E-state index contributed by atoms with van der Waals surface area (Å²) in [5.74, 6) is 1.09. The Hall–Kier alpha value is -2.57. The fourth-order valence-corrected chi connectivity index (χ4v) is 1.95. The number of rotatable bonds is 6. The molecule has 130 valence electrons. The van der Waals surface area contributed by atoms with E-state index in [1.54, 1.807) is 14.0 Å². The van der Waals surface area contributed by atoms with Crippen molar-refractivity contribution in [3.63, 3.8) is 0 Å². The van der Waals surface area contributed by atoms with Gasteiger partial charge in [-0.05, 0) is 19.1 Å². The Labute approximate surface area is 141 Å². The first kappa shape index (κ1) is 17.8. The summed E-state index contributed by atoms with van der Waals surface area (Å²) in [5.41, 5.74) is 0.495. The second-order valence-corrected chi connectivity index (χ2v) is 6.39. The van der Waals surface area contributed by atoms with Crippen LogP contribution in [0.2, 0.25) is 0 Å². The van der Waals surface area contributed by atoms with Crippen molar-refractivity contribution < 1.29 is 18.8 Å². The van der Waals surface area contributed by atoms with E-state index in [1.807, 2.05) is 45.0 Å². The van der Waals surface area contributed by atoms with Crippen LogP contribution in [0.25, 0.3) is 0 Å². The molecule has 24 heavy (non-hydrogen) atoms. The number of nitrogens with zero attached hydrogens (tertiary/aromatic N) is 2. The summed E-state index contributed by atoms with van der Waals surface area (Å²) in [5, 5.41) is 6.91. The highest BCUT2D eigenvalue weighted by atomic mass is 16.6. The van der Waals surface area contributed by atoms with E-state index >= 15 is 0 Å². The Bertz CT molecular complexity index is 691. The molecule has 0 saturated carbocycles. The Kier molecular flexibility index (Phi) is 5.43. The third kappa shape index (κ3) is 4.47. The van der Waals surface area contributed by atoms with E-state index in [-0.39, 0.29) is 17.9 Å². The minimum atomic E-state index is -0.611. The zero-order chi connectivity index (χ0) is 17.7. The Morgan fingerprint density at radius 2 is 2.04 bits per heavy atom. The molecule has 0 aliphatic rings. The van der Waals surface area contributed by atoms with Crippen molar-refractivity contribution in [2.75, 3.05) is 19.0 Å². The number of para-hydroxylation sites is 2. The average Bonchev–Trinajstić information content (AvgIpc) is 3.03. The van der Waals surface area contributed by atoms with Gasteiger partial charge in [0, 0.05) is 5.41 Å². The molecular formula is C17H23N3O4. The van der Waals surface area contributed by atoms with Crippen molar-refractivity contribution in [2.45, 2.75) is 39.2 Å². The smallest absolute Gasteiger partial charge is 0.326 e. The number of hydrogen-bond donors (Lipinski definition) is 1. The van der Waals surface area contributed by atoms with Crippen LogP contribution in [0.5, 0.6) is 5.75 Å². The van der Waals surface area contributed by atoms with Gasteiger partial charge in [0.1, 0.15) is 12.3 Å². The molecule has 2 aromatic rings. The second kappa shape index (κ2) is 7.33. The van der Waals surface area contributed by atoms with Crippen LogP contribution in [0.15, 0.2) is 28.8 Å². The molecule has 0 bridgehead atoms. The van der Waals surface area contributed by atoms with E-state index < -0.39 is 12.1 Å². The van der Waals surface area contributed by atoms with Gasteiger partial charge >= 0.3 is 5.97 Å². The summed E-state index contributed by atoms with van der Waals surface area (Å²) < 4.78 is 15.7. The SMILES string of the molecule is COc1ccccc1NCC(=O)O[C@H](C)c1nc(C(C)(C)C)no1. The number of ether oxygens (including phenoxy) is 2. The lowest BCUT2D eigenvalue weighted by molar-refractivity contribution is -0.147. The number of carbonyl (C=O) groups is 1. The van der Waals surface area contributed by atoms with Crippen LogP contribution in [-0.4, -0.2) is 29.8 Å². The maximum absolute atomic E-state index is 12.0. The highest BCUT2D eigenvalue weighted by Crippen LogP contribution is 2.24. The summed E-state index contributed by atoms with van der Waals surface area (Å²) >= 11 is 0. The molecule has 7 nitrogen and oxygen atoms in total. The number of hydrogen-bond acceptors (Lipinski definition) is 7. The van der Waals surface area contributed by atoms with Crippen molar-refractivity contribution in [1.82, 2.24) is 10.1 Å². The fraction of sp³-hybridized carbons (Fsp3) is 0.471. The van der Waals surface area contributed by atoms with Crippen LogP contribution < -0.4 is 10.1 Å². The molecular weight excluding hydrogens is 310 g/mol. The monoisotopic (exact) mass is 333 g/mol. The number of carbonyl (C=O) groups excluding carboxylic acids is 1. The highest BCUT2D eigenvalue weighted by Gasteiger charge is 2.24. The molecule has 0 radical (unpaired) electrons. The van der Waals surface area contributed by atoms with E-state index in [0.717, 1.165) is 5.69 Å². The largest absolute Gasteiger partial charge is 0.495 e. The molecule has 0 fully saturated rings. The standard InChI is InChI=1S/C17H23N3O4/c1-11(15-19-16(20-24-15)17(2,3)4)23-14(21)10-18-12-8-6-7-9-13(12)22-5/h6-9,11,18H,10H2,1-5H3/t11-/m1/s1. The van der Waals surface area contributed by atoms with E-state index in [1.165, 1.54) is 0 Å². The van der Waals surface area contributed by atoms with Gasteiger partial charge in [0.15, 0.2) is 11.9 Å². The van der Waals surface area contributed by atoms with Crippen LogP contribution in [0.3, 0.4) is 0 Å². The predicted molar refractivity (Wildman–Crippen MR) is 89.0 cm³/mol. The molecule has 1 aromatic heterocycles. The summed E-state index contributed by atoms with van der Waals surface area (Å²) in [6, 6.07) is 7.34. The maximum atomic E-state index is 12.0. The topological polar surface area (TPSA) is 86.5 Å². The lowest BCUT2D eigenvalue weighted by Gasteiger charge is -2.13. The third-order valence-corrected chi connectivity index (χ3v) is 3.30. The molecule has 1 aromatic carbocycles. The van der Waals surface area contributed by atoms with Gasteiger partial charge in [-0.15, -0.1) is 0 Å². The molecule has 0 aliphatic heterocycles. The van der Waals surface area contributed by atoms with E-state index in [2.05, 4.69) is 15.5 Å². The number of methoxy groups -OCH3 is 1. The first-order chi connectivity index (χ1) is 11.3. The molecule has 0 unspecified atom stereocenters. The highest BCUT2D eigenvalue weighted by molar-refractivity contribution is 5.76. The van der Waals surface area contributed by atoms with Crippen LogP contribution in [0.4, 0.5) is 5.69 Å². The fourth-order valence-electron chi connectivity index (χ4n) is 1.95. The van der Waals surface area contributed by atoms with Crippen molar-refractivity contribution in [1.29, 1.82) is 0 Å². The quantitative estimate of drug-likeness (QED) is 0.813. The number of benzene rings is 1. The summed E-state index contributed by atoms with van der Waals surface area (Å²) in [4.78, 5) is 16.3.